The van der Waals surface area contributed by atoms with Crippen molar-refractivity contribution in [3.63, 3.8) is 0 Å². The number of hydrazone groups is 1. The molecule has 6 heteroatoms. The molecule has 3 rings (SSSR count). The Hall–Kier alpha value is -3.80. The van der Waals surface area contributed by atoms with Crippen LogP contribution in [-0.4, -0.2) is 24.4 Å². The maximum Gasteiger partial charge on any atom is 0.335 e. The van der Waals surface area contributed by atoms with E-state index in [2.05, 4.69) is 22.7 Å². The number of carboxylic acids is 1. The van der Waals surface area contributed by atoms with Crippen molar-refractivity contribution in [2.75, 3.05) is 12.5 Å². The number of ether oxygens (including phenoxy) is 2. The Morgan fingerprint density at radius 1 is 1.03 bits per heavy atom. The molecule has 0 bridgehead atoms. The van der Waals surface area contributed by atoms with Crippen LogP contribution in [-0.2, 0) is 6.61 Å². The fraction of sp³-hybridized carbons (Fsp3) is 0.130. The average Bonchev–Trinajstić information content (AvgIpc) is 2.74. The third-order valence-corrected chi connectivity index (χ3v) is 4.24. The molecule has 0 amide bonds. The van der Waals surface area contributed by atoms with E-state index < -0.39 is 5.97 Å². The molecule has 0 saturated heterocycles. The number of methoxy groups -OCH3 is 1. The van der Waals surface area contributed by atoms with E-state index in [0.717, 1.165) is 11.1 Å². The number of hydrogen-bond donors (Lipinski definition) is 2. The van der Waals surface area contributed by atoms with E-state index in [0.29, 0.717) is 23.8 Å². The lowest BCUT2D eigenvalue weighted by Crippen LogP contribution is -1.99. The molecule has 2 N–H and O–H groups in total. The predicted octanol–water partition coefficient (Wildman–Crippen LogP) is 4.73. The van der Waals surface area contributed by atoms with Crippen molar-refractivity contribution in [3.05, 3.63) is 89.0 Å². The van der Waals surface area contributed by atoms with Crippen LogP contribution in [0.5, 0.6) is 11.5 Å². The standard InChI is InChI=1S/C23H22N2O4/c1-16-3-5-17(6-4-16)15-29-21-12-7-18(13-22(21)28-2)14-24-25-20-10-8-19(9-11-20)23(26)27/h3-14,25H,15H2,1-2H3,(H,26,27)/b24-14+. The molecule has 3 aromatic rings. The second-order valence-electron chi connectivity index (χ2n) is 6.44. The summed E-state index contributed by atoms with van der Waals surface area (Å²) in [6, 6.07) is 20.1. The Bertz CT molecular complexity index is 996. The highest BCUT2D eigenvalue weighted by Gasteiger charge is 2.06. The maximum absolute atomic E-state index is 10.9. The minimum Gasteiger partial charge on any atom is -0.493 e. The van der Waals surface area contributed by atoms with Gasteiger partial charge >= 0.3 is 5.97 Å². The number of aryl methyl sites for hydroxylation is 1. The minimum absolute atomic E-state index is 0.227. The van der Waals surface area contributed by atoms with Crippen LogP contribution < -0.4 is 14.9 Å². The third kappa shape index (κ3) is 5.59. The van der Waals surface area contributed by atoms with Gasteiger partial charge in [0.15, 0.2) is 11.5 Å². The molecule has 148 valence electrons. The monoisotopic (exact) mass is 390 g/mol. The summed E-state index contributed by atoms with van der Waals surface area (Å²) in [7, 11) is 1.59. The van der Waals surface area contributed by atoms with E-state index in [-0.39, 0.29) is 5.56 Å². The van der Waals surface area contributed by atoms with Crippen molar-refractivity contribution in [1.29, 1.82) is 0 Å². The van der Waals surface area contributed by atoms with Gasteiger partial charge in [0.05, 0.1) is 24.6 Å². The summed E-state index contributed by atoms with van der Waals surface area (Å²) in [4.78, 5) is 10.9. The number of nitrogens with zero attached hydrogens (tertiary/aromatic N) is 1. The Morgan fingerprint density at radius 2 is 1.76 bits per heavy atom. The van der Waals surface area contributed by atoms with E-state index in [1.165, 1.54) is 17.7 Å². The molecule has 3 aromatic carbocycles. The molecular weight excluding hydrogens is 368 g/mol. The molecule has 29 heavy (non-hydrogen) atoms. The largest absolute Gasteiger partial charge is 0.493 e. The summed E-state index contributed by atoms with van der Waals surface area (Å²) < 4.78 is 11.3. The number of hydrogen-bond acceptors (Lipinski definition) is 5. The average molecular weight is 390 g/mol. The third-order valence-electron chi connectivity index (χ3n) is 4.24. The van der Waals surface area contributed by atoms with E-state index >= 15 is 0 Å². The van der Waals surface area contributed by atoms with Crippen LogP contribution in [0.25, 0.3) is 0 Å². The minimum atomic E-state index is -0.961. The summed E-state index contributed by atoms with van der Waals surface area (Å²) in [6.45, 7) is 2.51. The zero-order valence-corrected chi connectivity index (χ0v) is 16.3. The number of anilines is 1. The van der Waals surface area contributed by atoms with E-state index in [4.69, 9.17) is 14.6 Å². The molecule has 0 aliphatic rings. The summed E-state index contributed by atoms with van der Waals surface area (Å²) >= 11 is 0. The molecule has 0 aromatic heterocycles. The smallest absolute Gasteiger partial charge is 0.335 e. The van der Waals surface area contributed by atoms with Gasteiger partial charge in [-0.25, -0.2) is 4.79 Å². The van der Waals surface area contributed by atoms with Crippen molar-refractivity contribution >= 4 is 17.9 Å². The van der Waals surface area contributed by atoms with Gasteiger partial charge in [0, 0.05) is 0 Å². The van der Waals surface area contributed by atoms with Gasteiger partial charge in [-0.05, 0) is 60.5 Å². The highest BCUT2D eigenvalue weighted by molar-refractivity contribution is 5.88. The molecule has 0 heterocycles. The number of carboxylic acid groups (broad SMARTS) is 1. The normalized spacial score (nSPS) is 10.7. The van der Waals surface area contributed by atoms with Crippen molar-refractivity contribution in [2.24, 2.45) is 5.10 Å². The van der Waals surface area contributed by atoms with Gasteiger partial charge in [-0.1, -0.05) is 29.8 Å². The van der Waals surface area contributed by atoms with Gasteiger partial charge in [-0.2, -0.15) is 5.10 Å². The van der Waals surface area contributed by atoms with Crippen LogP contribution in [0, 0.1) is 6.92 Å². The number of carbonyl (C=O) groups is 1. The fourth-order valence-corrected chi connectivity index (χ4v) is 2.60. The Kier molecular flexibility index (Phi) is 6.47. The van der Waals surface area contributed by atoms with Crippen molar-refractivity contribution < 1.29 is 19.4 Å². The van der Waals surface area contributed by atoms with Crippen molar-refractivity contribution in [3.8, 4) is 11.5 Å². The summed E-state index contributed by atoms with van der Waals surface area (Å²) in [5.41, 5.74) is 6.91. The van der Waals surface area contributed by atoms with Gasteiger partial charge in [0.1, 0.15) is 6.61 Å². The van der Waals surface area contributed by atoms with Gasteiger partial charge in [0.25, 0.3) is 0 Å². The van der Waals surface area contributed by atoms with Gasteiger partial charge in [-0.3, -0.25) is 5.43 Å². The second-order valence-corrected chi connectivity index (χ2v) is 6.44. The zero-order chi connectivity index (χ0) is 20.6. The van der Waals surface area contributed by atoms with Crippen LogP contribution in [0.15, 0.2) is 71.8 Å². The zero-order valence-electron chi connectivity index (χ0n) is 16.3. The quantitative estimate of drug-likeness (QED) is 0.429. The molecule has 0 radical (unpaired) electrons. The van der Waals surface area contributed by atoms with Gasteiger partial charge in [0.2, 0.25) is 0 Å². The van der Waals surface area contributed by atoms with Crippen LogP contribution in [0.2, 0.25) is 0 Å². The van der Waals surface area contributed by atoms with Crippen LogP contribution in [0.3, 0.4) is 0 Å². The fourth-order valence-electron chi connectivity index (χ4n) is 2.60. The Labute approximate surface area is 169 Å². The Balaban J connectivity index is 1.62. The first-order chi connectivity index (χ1) is 14.0. The van der Waals surface area contributed by atoms with Crippen molar-refractivity contribution in [1.82, 2.24) is 0 Å². The summed E-state index contributed by atoms with van der Waals surface area (Å²) in [6.07, 6.45) is 1.65. The molecule has 0 saturated carbocycles. The van der Waals surface area contributed by atoms with Crippen LogP contribution >= 0.6 is 0 Å². The van der Waals surface area contributed by atoms with E-state index in [1.807, 2.05) is 37.3 Å². The SMILES string of the molecule is COc1cc(/C=N/Nc2ccc(C(=O)O)cc2)ccc1OCc1ccc(C)cc1. The summed E-state index contributed by atoms with van der Waals surface area (Å²) in [5.74, 6) is 0.311. The van der Waals surface area contributed by atoms with Gasteiger partial charge in [-0.15, -0.1) is 0 Å². The summed E-state index contributed by atoms with van der Waals surface area (Å²) in [5, 5.41) is 13.1. The Morgan fingerprint density at radius 3 is 2.41 bits per heavy atom. The van der Waals surface area contributed by atoms with Gasteiger partial charge < -0.3 is 14.6 Å². The lowest BCUT2D eigenvalue weighted by Gasteiger charge is -2.11. The second kappa shape index (κ2) is 9.41. The number of benzene rings is 3. The highest BCUT2D eigenvalue weighted by atomic mass is 16.5. The molecule has 0 fully saturated rings. The van der Waals surface area contributed by atoms with E-state index in [1.54, 1.807) is 25.5 Å². The molecule has 0 aliphatic heterocycles. The first-order valence-corrected chi connectivity index (χ1v) is 9.04. The molecular formula is C23H22N2O4. The van der Waals surface area contributed by atoms with Crippen LogP contribution in [0.1, 0.15) is 27.0 Å². The van der Waals surface area contributed by atoms with Crippen molar-refractivity contribution in [2.45, 2.75) is 13.5 Å². The molecule has 0 unspecified atom stereocenters. The molecule has 0 atom stereocenters. The number of nitrogens with one attached hydrogen (secondary N) is 1. The lowest BCUT2D eigenvalue weighted by molar-refractivity contribution is 0.0697. The lowest BCUT2D eigenvalue weighted by atomic mass is 10.2. The van der Waals surface area contributed by atoms with E-state index in [9.17, 15) is 4.79 Å². The first-order valence-electron chi connectivity index (χ1n) is 9.04. The maximum atomic E-state index is 10.9. The first kappa shape index (κ1) is 19.9. The predicted molar refractivity (Wildman–Crippen MR) is 113 cm³/mol. The topological polar surface area (TPSA) is 80.2 Å². The molecule has 6 nitrogen and oxygen atoms in total. The molecule has 0 aliphatic carbocycles. The highest BCUT2D eigenvalue weighted by Crippen LogP contribution is 2.28. The molecule has 0 spiro atoms. The number of aromatic carboxylic acids is 1. The number of rotatable bonds is 8. The van der Waals surface area contributed by atoms with Crippen LogP contribution in [0.4, 0.5) is 5.69 Å².